The summed E-state index contributed by atoms with van der Waals surface area (Å²) < 4.78 is 2.21. The smallest absolute Gasteiger partial charge is 0.152 e. The van der Waals surface area contributed by atoms with Gasteiger partial charge in [-0.05, 0) is 43.7 Å². The highest BCUT2D eigenvalue weighted by atomic mass is 79.9. The number of alkyl halides is 1. The van der Waals surface area contributed by atoms with E-state index in [1.54, 1.807) is 0 Å². The molecule has 100 valence electrons. The van der Waals surface area contributed by atoms with Crippen molar-refractivity contribution in [2.45, 2.75) is 37.1 Å². The zero-order valence-corrected chi connectivity index (χ0v) is 12.5. The summed E-state index contributed by atoms with van der Waals surface area (Å²) in [5, 5.41) is 0.862. The van der Waals surface area contributed by atoms with Gasteiger partial charge in [-0.1, -0.05) is 22.0 Å². The Balaban J connectivity index is 1.78. The molecule has 2 aliphatic carbocycles. The first-order valence-electron chi connectivity index (χ1n) is 7.15. The molecule has 0 saturated heterocycles. The van der Waals surface area contributed by atoms with Crippen molar-refractivity contribution < 1.29 is 0 Å². The lowest BCUT2D eigenvalue weighted by molar-refractivity contribution is 0.708. The van der Waals surface area contributed by atoms with E-state index in [9.17, 15) is 0 Å². The number of halogens is 1. The lowest BCUT2D eigenvalue weighted by atomic mass is 10.3. The number of rotatable bonds is 5. The highest BCUT2D eigenvalue weighted by Gasteiger charge is 2.36. The molecular weight excluding hydrogens is 302 g/mol. The molecule has 2 saturated carbocycles. The zero-order valence-electron chi connectivity index (χ0n) is 10.9. The second-order valence-corrected chi connectivity index (χ2v) is 6.33. The standard InChI is InChI=1S/C15H18BrN3/c16-9-13-15(17-14-3-1-2-8-18(13)14)19(12-6-7-12)10-11-4-5-11/h1-3,8,11-12H,4-7,9-10H2. The van der Waals surface area contributed by atoms with E-state index in [4.69, 9.17) is 4.98 Å². The Labute approximate surface area is 121 Å². The largest absolute Gasteiger partial charge is 0.352 e. The number of aromatic nitrogens is 2. The average Bonchev–Trinajstić information content (AvgIpc) is 3.32. The summed E-state index contributed by atoms with van der Waals surface area (Å²) in [6.45, 7) is 1.20. The Kier molecular flexibility index (Phi) is 2.79. The van der Waals surface area contributed by atoms with Crippen molar-refractivity contribution >= 4 is 27.4 Å². The molecule has 2 heterocycles. The summed E-state index contributed by atoms with van der Waals surface area (Å²) >= 11 is 3.64. The van der Waals surface area contributed by atoms with Crippen LogP contribution in [-0.4, -0.2) is 22.0 Å². The third-order valence-electron chi connectivity index (χ3n) is 4.15. The second-order valence-electron chi connectivity index (χ2n) is 5.77. The van der Waals surface area contributed by atoms with E-state index in [-0.39, 0.29) is 0 Å². The Morgan fingerprint density at radius 1 is 1.26 bits per heavy atom. The molecular formula is C15H18BrN3. The van der Waals surface area contributed by atoms with Crippen LogP contribution in [0.2, 0.25) is 0 Å². The van der Waals surface area contributed by atoms with Gasteiger partial charge in [0, 0.05) is 24.1 Å². The highest BCUT2D eigenvalue weighted by Crippen LogP contribution is 2.39. The summed E-state index contributed by atoms with van der Waals surface area (Å²) in [4.78, 5) is 7.46. The zero-order chi connectivity index (χ0) is 12.8. The van der Waals surface area contributed by atoms with Gasteiger partial charge in [0.1, 0.15) is 5.65 Å². The molecule has 0 radical (unpaired) electrons. The molecule has 0 amide bonds. The van der Waals surface area contributed by atoms with Gasteiger partial charge in [-0.3, -0.25) is 0 Å². The number of hydrogen-bond acceptors (Lipinski definition) is 2. The summed E-state index contributed by atoms with van der Waals surface area (Å²) in [5.74, 6) is 2.12. The normalized spacial score (nSPS) is 19.0. The van der Waals surface area contributed by atoms with E-state index in [2.05, 4.69) is 49.6 Å². The fourth-order valence-electron chi connectivity index (χ4n) is 2.76. The van der Waals surface area contributed by atoms with Crippen molar-refractivity contribution in [2.75, 3.05) is 11.4 Å². The first-order valence-corrected chi connectivity index (χ1v) is 8.27. The number of hydrogen-bond donors (Lipinski definition) is 0. The van der Waals surface area contributed by atoms with Crippen LogP contribution in [0.5, 0.6) is 0 Å². The van der Waals surface area contributed by atoms with Crippen molar-refractivity contribution in [2.24, 2.45) is 5.92 Å². The second kappa shape index (κ2) is 4.51. The minimum absolute atomic E-state index is 0.739. The lowest BCUT2D eigenvalue weighted by Crippen LogP contribution is -2.29. The van der Waals surface area contributed by atoms with Crippen LogP contribution in [0.25, 0.3) is 5.65 Å². The van der Waals surface area contributed by atoms with Crippen molar-refractivity contribution in [3.8, 4) is 0 Å². The monoisotopic (exact) mass is 319 g/mol. The Morgan fingerprint density at radius 2 is 2.11 bits per heavy atom. The number of nitrogens with zero attached hydrogens (tertiary/aromatic N) is 3. The molecule has 2 aromatic rings. The van der Waals surface area contributed by atoms with Crippen LogP contribution in [0, 0.1) is 5.92 Å². The molecule has 2 fully saturated rings. The molecule has 0 N–H and O–H groups in total. The van der Waals surface area contributed by atoms with Gasteiger partial charge in [0.05, 0.1) is 5.69 Å². The van der Waals surface area contributed by atoms with E-state index < -0.39 is 0 Å². The maximum atomic E-state index is 4.88. The number of anilines is 1. The molecule has 0 spiro atoms. The van der Waals surface area contributed by atoms with Crippen LogP contribution in [0.15, 0.2) is 24.4 Å². The van der Waals surface area contributed by atoms with Crippen molar-refractivity contribution in [3.05, 3.63) is 30.1 Å². The third-order valence-corrected chi connectivity index (χ3v) is 4.68. The molecule has 0 bridgehead atoms. The van der Waals surface area contributed by atoms with Crippen molar-refractivity contribution in [1.29, 1.82) is 0 Å². The highest BCUT2D eigenvalue weighted by molar-refractivity contribution is 9.08. The van der Waals surface area contributed by atoms with Gasteiger partial charge < -0.3 is 9.30 Å². The quantitative estimate of drug-likeness (QED) is 0.785. The fraction of sp³-hybridized carbons (Fsp3) is 0.533. The SMILES string of the molecule is BrCc1c(N(CC2CC2)C2CC2)nc2ccccn12. The summed E-state index contributed by atoms with van der Waals surface area (Å²) in [6.07, 6.45) is 7.59. The van der Waals surface area contributed by atoms with Crippen molar-refractivity contribution in [1.82, 2.24) is 9.38 Å². The molecule has 4 rings (SSSR count). The van der Waals surface area contributed by atoms with Crippen LogP contribution in [0.4, 0.5) is 5.82 Å². The average molecular weight is 320 g/mol. The molecule has 4 heteroatoms. The van der Waals surface area contributed by atoms with Gasteiger partial charge in [0.15, 0.2) is 5.82 Å². The predicted octanol–water partition coefficient (Wildman–Crippen LogP) is 3.61. The summed E-state index contributed by atoms with van der Waals surface area (Å²) in [6, 6.07) is 6.97. The number of pyridine rings is 1. The molecule has 0 aromatic carbocycles. The van der Waals surface area contributed by atoms with E-state index in [0.29, 0.717) is 0 Å². The first-order chi connectivity index (χ1) is 9.36. The summed E-state index contributed by atoms with van der Waals surface area (Å²) in [5.41, 5.74) is 2.36. The maximum Gasteiger partial charge on any atom is 0.152 e. The Hall–Kier alpha value is -1.03. The van der Waals surface area contributed by atoms with Gasteiger partial charge in [-0.25, -0.2) is 4.98 Å². The lowest BCUT2D eigenvalue weighted by Gasteiger charge is -2.23. The fourth-order valence-corrected chi connectivity index (χ4v) is 3.28. The first kappa shape index (κ1) is 11.8. The van der Waals surface area contributed by atoms with Crippen LogP contribution >= 0.6 is 15.9 Å². The van der Waals surface area contributed by atoms with Gasteiger partial charge in [-0.2, -0.15) is 0 Å². The molecule has 3 nitrogen and oxygen atoms in total. The topological polar surface area (TPSA) is 20.5 Å². The third kappa shape index (κ3) is 2.16. The van der Waals surface area contributed by atoms with E-state index in [1.807, 2.05) is 0 Å². The van der Waals surface area contributed by atoms with Crippen LogP contribution < -0.4 is 4.90 Å². The maximum absolute atomic E-state index is 4.88. The van der Waals surface area contributed by atoms with Crippen LogP contribution in [0.1, 0.15) is 31.4 Å². The van der Waals surface area contributed by atoms with Crippen molar-refractivity contribution in [3.63, 3.8) is 0 Å². The Bertz CT molecular complexity index is 598. The minimum Gasteiger partial charge on any atom is -0.352 e. The number of imidazole rings is 1. The minimum atomic E-state index is 0.739. The molecule has 0 unspecified atom stereocenters. The number of fused-ring (bicyclic) bond motifs is 1. The van der Waals surface area contributed by atoms with E-state index >= 15 is 0 Å². The molecule has 0 atom stereocenters. The molecule has 19 heavy (non-hydrogen) atoms. The van der Waals surface area contributed by atoms with Gasteiger partial charge in [0.2, 0.25) is 0 Å². The van der Waals surface area contributed by atoms with Crippen LogP contribution in [0.3, 0.4) is 0 Å². The Morgan fingerprint density at radius 3 is 2.79 bits per heavy atom. The van der Waals surface area contributed by atoms with Gasteiger partial charge in [-0.15, -0.1) is 0 Å². The summed E-state index contributed by atoms with van der Waals surface area (Å²) in [7, 11) is 0. The van der Waals surface area contributed by atoms with Crippen LogP contribution in [-0.2, 0) is 5.33 Å². The molecule has 2 aliphatic rings. The van der Waals surface area contributed by atoms with E-state index in [1.165, 1.54) is 43.7 Å². The van der Waals surface area contributed by atoms with Gasteiger partial charge in [0.25, 0.3) is 0 Å². The molecule has 0 aliphatic heterocycles. The molecule has 2 aromatic heterocycles. The van der Waals surface area contributed by atoms with E-state index in [0.717, 1.165) is 22.9 Å². The van der Waals surface area contributed by atoms with Gasteiger partial charge >= 0.3 is 0 Å². The predicted molar refractivity (Wildman–Crippen MR) is 80.9 cm³/mol.